The van der Waals surface area contributed by atoms with E-state index < -0.39 is 6.43 Å². The lowest BCUT2D eigenvalue weighted by atomic mass is 9.60. The van der Waals surface area contributed by atoms with Gasteiger partial charge in [-0.1, -0.05) is 18.9 Å². The summed E-state index contributed by atoms with van der Waals surface area (Å²) in [5.41, 5.74) is 7.99. The molecule has 1 unspecified atom stereocenters. The first-order valence-corrected chi connectivity index (χ1v) is 9.91. The first-order valence-electron chi connectivity index (χ1n) is 9.03. The van der Waals surface area contributed by atoms with Gasteiger partial charge in [0, 0.05) is 33.0 Å². The number of nitrogens with zero attached hydrogens (tertiary/aromatic N) is 1. The van der Waals surface area contributed by atoms with E-state index >= 15 is 0 Å². The van der Waals surface area contributed by atoms with Gasteiger partial charge in [-0.2, -0.15) is 0 Å². The number of thiophene rings is 1. The molecule has 1 atom stereocenters. The summed E-state index contributed by atoms with van der Waals surface area (Å²) in [5, 5.41) is 2.19. The largest absolute Gasteiger partial charge is 0.309 e. The second-order valence-electron chi connectivity index (χ2n) is 7.74. The molecule has 3 nitrogen and oxygen atoms in total. The Hall–Kier alpha value is -1.53. The van der Waals surface area contributed by atoms with Gasteiger partial charge in [-0.15, -0.1) is 11.3 Å². The molecule has 0 radical (unpaired) electrons. The summed E-state index contributed by atoms with van der Waals surface area (Å²) in [5.74, 6) is 2.57. The first-order chi connectivity index (χ1) is 12.1. The van der Waals surface area contributed by atoms with E-state index in [-0.39, 0.29) is 11.1 Å². The van der Waals surface area contributed by atoms with Crippen molar-refractivity contribution in [3.63, 3.8) is 0 Å². The number of amidine groups is 1. The maximum absolute atomic E-state index is 13.0. The summed E-state index contributed by atoms with van der Waals surface area (Å²) in [7, 11) is 0. The number of hydrazine groups is 1. The van der Waals surface area contributed by atoms with Gasteiger partial charge >= 0.3 is 0 Å². The van der Waals surface area contributed by atoms with Gasteiger partial charge in [0.1, 0.15) is 5.84 Å². The standard InChI is InChI=1S/C19H21F2N3S/c20-18(21)15-10-25-16-7-13(5-6-14(15)16)22-17-9-19(24-23-17)8-11-1-3-12(19)4-2-11/h5-7,10-12,18,24H,1-4,8-9H2,(H,22,23). The Labute approximate surface area is 149 Å². The molecule has 3 aliphatic carbocycles. The molecule has 4 aliphatic rings. The highest BCUT2D eigenvalue weighted by Gasteiger charge is 2.50. The molecule has 4 fully saturated rings. The fourth-order valence-corrected chi connectivity index (χ4v) is 6.04. The van der Waals surface area contributed by atoms with E-state index in [4.69, 9.17) is 4.99 Å². The molecule has 2 bridgehead atoms. The van der Waals surface area contributed by atoms with E-state index in [2.05, 4.69) is 10.9 Å². The van der Waals surface area contributed by atoms with Crippen LogP contribution in [-0.4, -0.2) is 11.4 Å². The molecule has 1 spiro atoms. The third-order valence-electron chi connectivity index (χ3n) is 6.31. The van der Waals surface area contributed by atoms with Gasteiger partial charge in [0.25, 0.3) is 6.43 Å². The van der Waals surface area contributed by atoms with Crippen LogP contribution in [0.25, 0.3) is 10.1 Å². The summed E-state index contributed by atoms with van der Waals surface area (Å²) in [4.78, 5) is 4.76. The van der Waals surface area contributed by atoms with Crippen LogP contribution < -0.4 is 10.9 Å². The normalized spacial score (nSPS) is 33.0. The number of benzene rings is 1. The van der Waals surface area contributed by atoms with Crippen LogP contribution in [0, 0.1) is 11.8 Å². The maximum atomic E-state index is 13.0. The highest BCUT2D eigenvalue weighted by Crippen LogP contribution is 2.49. The summed E-state index contributed by atoms with van der Waals surface area (Å²) in [6.07, 6.45) is 5.16. The molecule has 132 valence electrons. The van der Waals surface area contributed by atoms with Crippen LogP contribution in [-0.2, 0) is 0 Å². The molecule has 1 aromatic carbocycles. The van der Waals surface area contributed by atoms with Crippen LogP contribution >= 0.6 is 11.3 Å². The van der Waals surface area contributed by atoms with E-state index in [1.807, 2.05) is 12.1 Å². The van der Waals surface area contributed by atoms with Gasteiger partial charge in [0.05, 0.1) is 5.69 Å². The van der Waals surface area contributed by atoms with Gasteiger partial charge in [-0.05, 0) is 43.2 Å². The van der Waals surface area contributed by atoms with Crippen LogP contribution in [0.5, 0.6) is 0 Å². The third kappa shape index (κ3) is 2.57. The maximum Gasteiger partial charge on any atom is 0.265 e. The van der Waals surface area contributed by atoms with E-state index in [0.717, 1.165) is 34.5 Å². The van der Waals surface area contributed by atoms with Crippen molar-refractivity contribution in [2.24, 2.45) is 16.8 Å². The molecule has 1 aliphatic heterocycles. The molecule has 6 rings (SSSR count). The third-order valence-corrected chi connectivity index (χ3v) is 7.27. The van der Waals surface area contributed by atoms with Crippen molar-refractivity contribution in [1.29, 1.82) is 0 Å². The lowest BCUT2D eigenvalue weighted by Crippen LogP contribution is -2.55. The fourth-order valence-electron chi connectivity index (χ4n) is 5.05. The number of aliphatic imine (C=N–C) groups is 1. The predicted molar refractivity (Wildman–Crippen MR) is 97.6 cm³/mol. The Morgan fingerprint density at radius 2 is 2.04 bits per heavy atom. The van der Waals surface area contributed by atoms with Crippen LogP contribution in [0.2, 0.25) is 0 Å². The molecule has 2 heterocycles. The zero-order valence-electron chi connectivity index (χ0n) is 13.9. The number of fused-ring (bicyclic) bond motifs is 3. The number of halogens is 2. The molecule has 0 amide bonds. The number of hydrogen-bond donors (Lipinski definition) is 2. The van der Waals surface area contributed by atoms with Crippen molar-refractivity contribution >= 4 is 32.9 Å². The van der Waals surface area contributed by atoms with Crippen molar-refractivity contribution < 1.29 is 8.78 Å². The average molecular weight is 361 g/mol. The van der Waals surface area contributed by atoms with Crippen molar-refractivity contribution in [2.75, 3.05) is 0 Å². The minimum Gasteiger partial charge on any atom is -0.309 e. The minimum atomic E-state index is -2.42. The Morgan fingerprint density at radius 1 is 1.20 bits per heavy atom. The molecule has 1 aromatic heterocycles. The summed E-state index contributed by atoms with van der Waals surface area (Å²) in [6, 6.07) is 5.53. The number of nitrogens with one attached hydrogen (secondary N) is 2. The molecule has 25 heavy (non-hydrogen) atoms. The smallest absolute Gasteiger partial charge is 0.265 e. The van der Waals surface area contributed by atoms with Gasteiger partial charge in [0.15, 0.2) is 0 Å². The second kappa shape index (κ2) is 5.74. The van der Waals surface area contributed by atoms with E-state index in [1.165, 1.54) is 43.4 Å². The van der Waals surface area contributed by atoms with Gasteiger partial charge in [0.2, 0.25) is 0 Å². The van der Waals surface area contributed by atoms with Crippen molar-refractivity contribution in [3.8, 4) is 0 Å². The van der Waals surface area contributed by atoms with Gasteiger partial charge in [-0.25, -0.2) is 19.2 Å². The molecular formula is C19H21F2N3S. The van der Waals surface area contributed by atoms with Gasteiger partial charge in [-0.3, -0.25) is 0 Å². The van der Waals surface area contributed by atoms with Crippen LogP contribution in [0.3, 0.4) is 0 Å². The number of alkyl halides is 2. The molecule has 6 heteroatoms. The van der Waals surface area contributed by atoms with Gasteiger partial charge < -0.3 is 5.43 Å². The lowest BCUT2D eigenvalue weighted by molar-refractivity contribution is 0.0523. The molecule has 3 saturated carbocycles. The zero-order valence-corrected chi connectivity index (χ0v) is 14.7. The minimum absolute atomic E-state index is 0.122. The Kier molecular flexibility index (Phi) is 3.61. The molecule has 2 N–H and O–H groups in total. The van der Waals surface area contributed by atoms with E-state index in [1.54, 1.807) is 11.4 Å². The number of rotatable bonds is 2. The predicted octanol–water partition coefficient (Wildman–Crippen LogP) is 5.32. The van der Waals surface area contributed by atoms with Crippen LogP contribution in [0.15, 0.2) is 28.6 Å². The molecule has 2 aromatic rings. The van der Waals surface area contributed by atoms with Crippen molar-refractivity contribution in [1.82, 2.24) is 10.9 Å². The van der Waals surface area contributed by atoms with Crippen molar-refractivity contribution in [3.05, 3.63) is 29.1 Å². The van der Waals surface area contributed by atoms with E-state index in [0.29, 0.717) is 5.39 Å². The first kappa shape index (κ1) is 15.7. The Balaban J connectivity index is 1.41. The van der Waals surface area contributed by atoms with Crippen LogP contribution in [0.4, 0.5) is 14.5 Å². The molecular weight excluding hydrogens is 340 g/mol. The highest BCUT2D eigenvalue weighted by molar-refractivity contribution is 7.17. The summed E-state index contributed by atoms with van der Waals surface area (Å²) >= 11 is 1.36. The fraction of sp³-hybridized carbons (Fsp3) is 0.526. The average Bonchev–Trinajstić information content (AvgIpc) is 3.20. The quantitative estimate of drug-likeness (QED) is 0.760. The second-order valence-corrected chi connectivity index (χ2v) is 8.65. The Bertz CT molecular complexity index is 838. The molecule has 1 saturated heterocycles. The lowest BCUT2D eigenvalue weighted by Gasteiger charge is -2.49. The SMILES string of the molecule is FC(F)c1csc2cc(N=C3CC4(CC5CCC4CC5)NN3)ccc12. The summed E-state index contributed by atoms with van der Waals surface area (Å²) in [6.45, 7) is 0. The monoisotopic (exact) mass is 361 g/mol. The Morgan fingerprint density at radius 3 is 2.76 bits per heavy atom. The van der Waals surface area contributed by atoms with E-state index in [9.17, 15) is 8.78 Å². The van der Waals surface area contributed by atoms with Crippen LogP contribution in [0.1, 0.15) is 50.5 Å². The summed E-state index contributed by atoms with van der Waals surface area (Å²) < 4.78 is 26.9. The number of hydrogen-bond acceptors (Lipinski definition) is 3. The highest BCUT2D eigenvalue weighted by atomic mass is 32.1. The topological polar surface area (TPSA) is 36.4 Å². The zero-order chi connectivity index (χ0) is 17.0. The van der Waals surface area contributed by atoms with Crippen molar-refractivity contribution in [2.45, 2.75) is 50.5 Å².